The van der Waals surface area contributed by atoms with Crippen molar-refractivity contribution in [1.29, 1.82) is 0 Å². The predicted octanol–water partition coefficient (Wildman–Crippen LogP) is 15.0. The van der Waals surface area contributed by atoms with Crippen LogP contribution in [0.15, 0.2) is 109 Å². The molecule has 5 heteroatoms. The first kappa shape index (κ1) is 40.0. The summed E-state index contributed by atoms with van der Waals surface area (Å²) < 4.78 is 2.68. The molecule has 2 nitrogen and oxygen atoms in total. The van der Waals surface area contributed by atoms with Gasteiger partial charge in [0.05, 0.1) is 16.4 Å². The summed E-state index contributed by atoms with van der Waals surface area (Å²) in [6.45, 7) is 30.4. The monoisotopic (exact) mass is 832 g/mol. The van der Waals surface area contributed by atoms with Gasteiger partial charge >= 0.3 is 0 Å². The Morgan fingerprint density at radius 3 is 1.70 bits per heavy atom. The number of thiophene rings is 2. The smallest absolute Gasteiger partial charge is 0.254 e. The van der Waals surface area contributed by atoms with Crippen molar-refractivity contribution >= 4 is 99.4 Å². The predicted molar refractivity (Wildman–Crippen MR) is 272 cm³/mol. The third-order valence-electron chi connectivity index (χ3n) is 13.4. The molecule has 0 atom stereocenters. The van der Waals surface area contributed by atoms with Crippen LogP contribution < -0.4 is 26.2 Å². The Balaban J connectivity index is 1.29. The molecule has 8 aromatic rings. The first-order valence-corrected chi connectivity index (χ1v) is 23.6. The van der Waals surface area contributed by atoms with Crippen LogP contribution in [0.5, 0.6) is 0 Å². The van der Waals surface area contributed by atoms with E-state index >= 15 is 0 Å². The average Bonchev–Trinajstić information content (AvgIpc) is 3.79. The second-order valence-electron chi connectivity index (χ2n) is 20.9. The third-order valence-corrected chi connectivity index (χ3v) is 15.6. The van der Waals surface area contributed by atoms with Crippen LogP contribution in [0.2, 0.25) is 0 Å². The lowest BCUT2D eigenvalue weighted by Gasteiger charge is -2.44. The molecule has 2 aliphatic heterocycles. The maximum absolute atomic E-state index is 2.66. The van der Waals surface area contributed by atoms with Gasteiger partial charge in [0, 0.05) is 37.4 Å². The maximum atomic E-state index is 2.66. The summed E-state index contributed by atoms with van der Waals surface area (Å²) in [5.74, 6) is 0. The van der Waals surface area contributed by atoms with Gasteiger partial charge in [-0.1, -0.05) is 123 Å². The minimum Gasteiger partial charge on any atom is -0.311 e. The van der Waals surface area contributed by atoms with E-state index in [0.29, 0.717) is 0 Å². The summed E-state index contributed by atoms with van der Waals surface area (Å²) in [5, 5.41) is 6.38. The normalized spacial score (nSPS) is 13.9. The van der Waals surface area contributed by atoms with Gasteiger partial charge in [-0.3, -0.25) is 0 Å². The standard InChI is InChI=1S/C56H57BN2S2/c1-32-25-36(42-31-60-47-20-15-14-17-40(42)47)26-33(2)51(32)58-44-23-21-38(55(8,9)10)30-43(44)57-49-41-29-37(54(5,6)7)22-24-48(41)61-53(49)59(46-19-16-18-45(58)50(46)57)52-34(3)27-39(28-35(52)4)56(11,12)13/h14-31H,1-13H3. The summed E-state index contributed by atoms with van der Waals surface area (Å²) in [6, 6.07) is 40.3. The Kier molecular flexibility index (Phi) is 8.99. The van der Waals surface area contributed by atoms with E-state index in [2.05, 4.69) is 208 Å². The molecule has 0 spiro atoms. The molecule has 0 saturated heterocycles. The van der Waals surface area contributed by atoms with E-state index in [1.807, 2.05) is 22.7 Å². The average molecular weight is 833 g/mol. The zero-order valence-corrected chi connectivity index (χ0v) is 39.8. The minimum atomic E-state index is -0.0148. The van der Waals surface area contributed by atoms with Crippen molar-refractivity contribution in [3.8, 4) is 11.1 Å². The Hall–Kier alpha value is -5.10. The highest BCUT2D eigenvalue weighted by Crippen LogP contribution is 2.51. The number of nitrogens with zero attached hydrogens (tertiary/aromatic N) is 2. The zero-order valence-electron chi connectivity index (χ0n) is 38.2. The lowest BCUT2D eigenvalue weighted by Crippen LogP contribution is -2.61. The van der Waals surface area contributed by atoms with Gasteiger partial charge < -0.3 is 9.80 Å². The zero-order chi connectivity index (χ0) is 43.1. The van der Waals surface area contributed by atoms with Crippen molar-refractivity contribution in [3.63, 3.8) is 0 Å². The minimum absolute atomic E-state index is 0.0148. The van der Waals surface area contributed by atoms with Crippen LogP contribution in [0.1, 0.15) is 101 Å². The van der Waals surface area contributed by atoms with E-state index in [-0.39, 0.29) is 23.0 Å². The van der Waals surface area contributed by atoms with Gasteiger partial charge in [-0.05, 0) is 158 Å². The molecule has 4 heterocycles. The number of benzene rings is 6. The summed E-state index contributed by atoms with van der Waals surface area (Å²) in [7, 11) is 0. The highest BCUT2D eigenvalue weighted by atomic mass is 32.1. The molecule has 306 valence electrons. The maximum Gasteiger partial charge on any atom is 0.254 e. The fourth-order valence-corrected chi connectivity index (χ4v) is 12.5. The Morgan fingerprint density at radius 2 is 1.05 bits per heavy atom. The van der Waals surface area contributed by atoms with E-state index in [9.17, 15) is 0 Å². The first-order valence-electron chi connectivity index (χ1n) is 22.0. The molecule has 0 amide bonds. The summed E-state index contributed by atoms with van der Waals surface area (Å²) in [4.78, 5) is 5.28. The molecule has 6 aromatic carbocycles. The SMILES string of the molecule is Cc1cc(-c2csc3ccccc23)cc(C)c1N1c2ccc(C(C)(C)C)cc2B2c3c1cccc3N(c1c(C)cc(C(C)(C)C)cc1C)c1sc3ccc(C(C)(C)C)cc3c12. The van der Waals surface area contributed by atoms with Crippen LogP contribution in [0.4, 0.5) is 33.4 Å². The van der Waals surface area contributed by atoms with Gasteiger partial charge in [-0.15, -0.1) is 22.7 Å². The third kappa shape index (κ3) is 6.24. The second-order valence-corrected chi connectivity index (χ2v) is 22.9. The fraction of sp³-hybridized carbons (Fsp3) is 0.286. The molecule has 0 bridgehead atoms. The van der Waals surface area contributed by atoms with E-state index in [1.165, 1.54) is 120 Å². The first-order chi connectivity index (χ1) is 28.8. The molecule has 0 N–H and O–H groups in total. The van der Waals surface area contributed by atoms with E-state index in [4.69, 9.17) is 0 Å². The summed E-state index contributed by atoms with van der Waals surface area (Å²) in [5.41, 5.74) is 22.5. The van der Waals surface area contributed by atoms with Gasteiger partial charge in [0.15, 0.2) is 0 Å². The van der Waals surface area contributed by atoms with Crippen LogP contribution in [0.3, 0.4) is 0 Å². The van der Waals surface area contributed by atoms with Gasteiger partial charge in [0.25, 0.3) is 6.71 Å². The highest BCUT2D eigenvalue weighted by Gasteiger charge is 2.46. The van der Waals surface area contributed by atoms with E-state index in [1.54, 1.807) is 0 Å². The molecule has 2 aromatic heterocycles. The molecule has 0 saturated carbocycles. The van der Waals surface area contributed by atoms with Crippen molar-refractivity contribution in [1.82, 2.24) is 0 Å². The number of rotatable bonds is 3. The number of anilines is 6. The van der Waals surface area contributed by atoms with Crippen molar-refractivity contribution in [2.45, 2.75) is 106 Å². The Labute approximate surface area is 372 Å². The molecule has 10 rings (SSSR count). The van der Waals surface area contributed by atoms with Gasteiger partial charge in [0.2, 0.25) is 0 Å². The van der Waals surface area contributed by atoms with Crippen LogP contribution in [0, 0.1) is 27.7 Å². The van der Waals surface area contributed by atoms with Crippen LogP contribution in [-0.2, 0) is 16.2 Å². The van der Waals surface area contributed by atoms with E-state index in [0.717, 1.165) is 0 Å². The molecule has 0 fully saturated rings. The molecule has 2 aliphatic rings. The lowest BCUT2D eigenvalue weighted by molar-refractivity contribution is 0.589. The molecule has 0 unspecified atom stereocenters. The van der Waals surface area contributed by atoms with Crippen molar-refractivity contribution in [2.24, 2.45) is 0 Å². The van der Waals surface area contributed by atoms with Crippen LogP contribution in [-0.4, -0.2) is 6.71 Å². The van der Waals surface area contributed by atoms with Crippen LogP contribution >= 0.6 is 22.7 Å². The van der Waals surface area contributed by atoms with Crippen molar-refractivity contribution in [3.05, 3.63) is 147 Å². The van der Waals surface area contributed by atoms with Crippen LogP contribution in [0.25, 0.3) is 31.3 Å². The Bertz CT molecular complexity index is 3060. The molecule has 61 heavy (non-hydrogen) atoms. The fourth-order valence-electron chi connectivity index (χ4n) is 10.3. The quantitative estimate of drug-likeness (QED) is 0.164. The van der Waals surface area contributed by atoms with Crippen molar-refractivity contribution in [2.75, 3.05) is 9.80 Å². The molecular weight excluding hydrogens is 776 g/mol. The van der Waals surface area contributed by atoms with Gasteiger partial charge in [0.1, 0.15) is 0 Å². The summed E-state index contributed by atoms with van der Waals surface area (Å²) >= 11 is 3.80. The topological polar surface area (TPSA) is 6.48 Å². The number of aryl methyl sites for hydroxylation is 4. The molecule has 0 aliphatic carbocycles. The number of hydrogen-bond donors (Lipinski definition) is 0. The number of fused-ring (bicyclic) bond motifs is 7. The van der Waals surface area contributed by atoms with Gasteiger partial charge in [-0.25, -0.2) is 0 Å². The highest BCUT2D eigenvalue weighted by molar-refractivity contribution is 7.26. The molecule has 0 radical (unpaired) electrons. The Morgan fingerprint density at radius 1 is 0.475 bits per heavy atom. The van der Waals surface area contributed by atoms with Crippen molar-refractivity contribution < 1.29 is 0 Å². The van der Waals surface area contributed by atoms with Gasteiger partial charge in [-0.2, -0.15) is 0 Å². The molecular formula is C56H57BN2S2. The number of hydrogen-bond acceptors (Lipinski definition) is 4. The van der Waals surface area contributed by atoms with E-state index < -0.39 is 0 Å². The largest absolute Gasteiger partial charge is 0.311 e. The lowest BCUT2D eigenvalue weighted by atomic mass is 9.33. The summed E-state index contributed by atoms with van der Waals surface area (Å²) in [6.07, 6.45) is 0. The second kappa shape index (κ2) is 13.7.